The molecule has 1 aromatic rings. The van der Waals surface area contributed by atoms with Crippen LogP contribution >= 0.6 is 0 Å². The zero-order valence-corrected chi connectivity index (χ0v) is 10.7. The molecule has 6 nitrogen and oxygen atoms in total. The molecular weight excluding hydrogens is 277 g/mol. The van der Waals surface area contributed by atoms with E-state index in [2.05, 4.69) is 15.2 Å². The van der Waals surface area contributed by atoms with Crippen LogP contribution in [0.4, 0.5) is 13.2 Å². The van der Waals surface area contributed by atoms with E-state index in [9.17, 15) is 18.0 Å². The van der Waals surface area contributed by atoms with E-state index in [0.717, 1.165) is 0 Å². The summed E-state index contributed by atoms with van der Waals surface area (Å²) in [5, 5.41) is 6.50. The number of aromatic amines is 1. The van der Waals surface area contributed by atoms with Gasteiger partial charge in [-0.25, -0.2) is 0 Å². The van der Waals surface area contributed by atoms with E-state index in [1.54, 1.807) is 11.1 Å². The molecule has 110 valence electrons. The number of nitrogens with zero attached hydrogens (tertiary/aromatic N) is 3. The van der Waals surface area contributed by atoms with Crippen molar-refractivity contribution in [2.24, 2.45) is 0 Å². The lowest BCUT2D eigenvalue weighted by Gasteiger charge is -2.24. The zero-order valence-electron chi connectivity index (χ0n) is 10.7. The number of methoxy groups -OCH3 is 1. The number of hydrogen-bond acceptors (Lipinski definition) is 5. The first-order valence-electron chi connectivity index (χ1n) is 5.86. The van der Waals surface area contributed by atoms with Crippen molar-refractivity contribution in [2.45, 2.75) is 12.6 Å². The topological polar surface area (TPSA) is 71.1 Å². The van der Waals surface area contributed by atoms with Gasteiger partial charge in [-0.2, -0.15) is 13.2 Å². The number of carbonyl (C=O) groups excluding carboxylic acids is 1. The van der Waals surface area contributed by atoms with E-state index in [1.807, 2.05) is 0 Å². The van der Waals surface area contributed by atoms with Crippen LogP contribution in [-0.4, -0.2) is 52.7 Å². The van der Waals surface area contributed by atoms with Gasteiger partial charge in [0, 0.05) is 31.8 Å². The Morgan fingerprint density at radius 2 is 2.20 bits per heavy atom. The Hall–Kier alpha value is -1.90. The summed E-state index contributed by atoms with van der Waals surface area (Å²) in [5.41, 5.74) is 0.389. The average Bonchev–Trinajstić information content (AvgIpc) is 2.85. The highest BCUT2D eigenvalue weighted by atomic mass is 19.4. The maximum Gasteiger partial charge on any atom is 0.451 e. The first-order valence-corrected chi connectivity index (χ1v) is 5.86. The molecule has 0 unspecified atom stereocenters. The van der Waals surface area contributed by atoms with Crippen molar-refractivity contribution in [1.82, 2.24) is 20.1 Å². The number of alkyl halides is 3. The smallest absolute Gasteiger partial charge is 0.383 e. The van der Waals surface area contributed by atoms with Crippen molar-refractivity contribution >= 4 is 11.4 Å². The predicted molar refractivity (Wildman–Crippen MR) is 62.4 cm³/mol. The van der Waals surface area contributed by atoms with Crippen molar-refractivity contribution in [3.05, 3.63) is 17.8 Å². The van der Waals surface area contributed by atoms with Crippen molar-refractivity contribution in [3.8, 4) is 0 Å². The number of Topliss-reactive ketones (excluding diaryl/α,β-unsaturated/α-hetero) is 1. The highest BCUT2D eigenvalue weighted by molar-refractivity contribution is 5.92. The maximum atomic E-state index is 12.4. The molecule has 0 spiro atoms. The van der Waals surface area contributed by atoms with Crippen LogP contribution in [0.15, 0.2) is 6.20 Å². The SMILES string of the molecule is COCCN1C=C(c2nnc(C(F)(F)F)[nH]2)CC(=O)C1. The summed E-state index contributed by atoms with van der Waals surface area (Å²) in [7, 11) is 1.53. The number of halogens is 3. The lowest BCUT2D eigenvalue weighted by molar-refractivity contribution is -0.144. The van der Waals surface area contributed by atoms with Gasteiger partial charge >= 0.3 is 6.18 Å². The van der Waals surface area contributed by atoms with Crippen molar-refractivity contribution in [3.63, 3.8) is 0 Å². The van der Waals surface area contributed by atoms with Crippen LogP contribution in [0.3, 0.4) is 0 Å². The van der Waals surface area contributed by atoms with Crippen LogP contribution in [0.1, 0.15) is 18.1 Å². The Morgan fingerprint density at radius 1 is 1.45 bits per heavy atom. The van der Waals surface area contributed by atoms with Crippen molar-refractivity contribution in [2.75, 3.05) is 26.8 Å². The Morgan fingerprint density at radius 3 is 2.80 bits per heavy atom. The normalized spacial score (nSPS) is 16.5. The maximum absolute atomic E-state index is 12.4. The summed E-state index contributed by atoms with van der Waals surface area (Å²) in [5.74, 6) is -1.30. The second-order valence-electron chi connectivity index (χ2n) is 4.35. The van der Waals surface area contributed by atoms with Crippen molar-refractivity contribution < 1.29 is 22.7 Å². The Labute approximate surface area is 112 Å². The third-order valence-electron chi connectivity index (χ3n) is 2.75. The summed E-state index contributed by atoms with van der Waals surface area (Å²) < 4.78 is 42.2. The van der Waals surface area contributed by atoms with Crippen LogP contribution in [-0.2, 0) is 15.7 Å². The van der Waals surface area contributed by atoms with Gasteiger partial charge in [0.1, 0.15) is 0 Å². The van der Waals surface area contributed by atoms with Crippen LogP contribution in [0, 0.1) is 0 Å². The molecule has 0 atom stereocenters. The Bertz CT molecular complexity index is 524. The summed E-state index contributed by atoms with van der Waals surface area (Å²) in [6, 6.07) is 0. The van der Waals surface area contributed by atoms with Crippen molar-refractivity contribution in [1.29, 1.82) is 0 Å². The molecule has 2 heterocycles. The zero-order chi connectivity index (χ0) is 14.8. The molecule has 0 aromatic carbocycles. The molecule has 0 radical (unpaired) electrons. The van der Waals surface area contributed by atoms with Gasteiger partial charge in [0.15, 0.2) is 11.6 Å². The first-order chi connectivity index (χ1) is 9.40. The van der Waals surface area contributed by atoms with E-state index in [0.29, 0.717) is 18.7 Å². The quantitative estimate of drug-likeness (QED) is 0.898. The minimum atomic E-state index is -4.58. The lowest BCUT2D eigenvalue weighted by Crippen LogP contribution is -2.32. The monoisotopic (exact) mass is 290 g/mol. The van der Waals surface area contributed by atoms with E-state index in [4.69, 9.17) is 4.74 Å². The fourth-order valence-electron chi connectivity index (χ4n) is 1.84. The molecular formula is C11H13F3N4O2. The highest BCUT2D eigenvalue weighted by Crippen LogP contribution is 2.28. The molecule has 0 aliphatic carbocycles. The minimum absolute atomic E-state index is 0.0345. The largest absolute Gasteiger partial charge is 0.451 e. The number of hydrogen-bond donors (Lipinski definition) is 1. The fraction of sp³-hybridized carbons (Fsp3) is 0.545. The van der Waals surface area contributed by atoms with Gasteiger partial charge < -0.3 is 14.6 Å². The van der Waals surface area contributed by atoms with Crippen LogP contribution < -0.4 is 0 Å². The lowest BCUT2D eigenvalue weighted by atomic mass is 10.1. The average molecular weight is 290 g/mol. The molecule has 1 aliphatic heterocycles. The molecule has 1 aliphatic rings. The third-order valence-corrected chi connectivity index (χ3v) is 2.75. The molecule has 20 heavy (non-hydrogen) atoms. The number of rotatable bonds is 4. The standard InChI is InChI=1S/C11H13F3N4O2/c1-20-3-2-18-5-7(4-8(19)6-18)9-15-10(17-16-9)11(12,13)14/h5H,2-4,6H2,1H3,(H,15,16,17). The highest BCUT2D eigenvalue weighted by Gasteiger charge is 2.36. The number of H-pyrrole nitrogens is 1. The first kappa shape index (κ1) is 14.5. The van der Waals surface area contributed by atoms with Gasteiger partial charge in [-0.05, 0) is 0 Å². The molecule has 2 rings (SSSR count). The summed E-state index contributed by atoms with van der Waals surface area (Å²) >= 11 is 0. The van der Waals surface area contributed by atoms with E-state index in [-0.39, 0.29) is 24.6 Å². The molecule has 0 saturated carbocycles. The number of ether oxygens (including phenoxy) is 1. The number of aromatic nitrogens is 3. The molecule has 1 N–H and O–H groups in total. The summed E-state index contributed by atoms with van der Waals surface area (Å²) in [6.45, 7) is 1.11. The van der Waals surface area contributed by atoms with Gasteiger partial charge in [-0.3, -0.25) is 4.79 Å². The van der Waals surface area contributed by atoms with Gasteiger partial charge in [0.05, 0.1) is 13.2 Å². The molecule has 1 aromatic heterocycles. The number of allylic oxidation sites excluding steroid dienone is 1. The summed E-state index contributed by atoms with van der Waals surface area (Å²) in [4.78, 5) is 15.4. The molecule has 0 fully saturated rings. The third kappa shape index (κ3) is 3.35. The van der Waals surface area contributed by atoms with E-state index < -0.39 is 12.0 Å². The molecule has 0 amide bonds. The second kappa shape index (κ2) is 5.61. The molecule has 0 bridgehead atoms. The number of ketones is 1. The van der Waals surface area contributed by atoms with Gasteiger partial charge in [0.2, 0.25) is 5.82 Å². The van der Waals surface area contributed by atoms with E-state index in [1.165, 1.54) is 7.11 Å². The van der Waals surface area contributed by atoms with Crippen LogP contribution in [0.2, 0.25) is 0 Å². The Kier molecular flexibility index (Phi) is 4.07. The fourth-order valence-corrected chi connectivity index (χ4v) is 1.84. The van der Waals surface area contributed by atoms with Crippen LogP contribution in [0.25, 0.3) is 5.57 Å². The summed E-state index contributed by atoms with van der Waals surface area (Å²) in [6.07, 6.45) is -2.93. The Balaban J connectivity index is 2.19. The number of nitrogens with one attached hydrogen (secondary N) is 1. The predicted octanol–water partition coefficient (Wildman–Crippen LogP) is 1.09. The van der Waals surface area contributed by atoms with Gasteiger partial charge in [0.25, 0.3) is 0 Å². The van der Waals surface area contributed by atoms with Crippen LogP contribution in [0.5, 0.6) is 0 Å². The second-order valence-corrected chi connectivity index (χ2v) is 4.35. The van der Waals surface area contributed by atoms with Gasteiger partial charge in [-0.15, -0.1) is 10.2 Å². The van der Waals surface area contributed by atoms with E-state index >= 15 is 0 Å². The minimum Gasteiger partial charge on any atom is -0.383 e. The van der Waals surface area contributed by atoms with Gasteiger partial charge in [-0.1, -0.05) is 0 Å². The molecule has 0 saturated heterocycles. The molecule has 9 heteroatoms. The number of carbonyl (C=O) groups is 1.